The quantitative estimate of drug-likeness (QED) is 0.681. The number of hydrogen-bond donors (Lipinski definition) is 1. The van der Waals surface area contributed by atoms with Crippen LogP contribution in [-0.2, 0) is 0 Å². The molecule has 0 unspecified atom stereocenters. The average Bonchev–Trinajstić information content (AvgIpc) is 2.49. The van der Waals surface area contributed by atoms with Crippen LogP contribution in [0.3, 0.4) is 0 Å². The van der Waals surface area contributed by atoms with Gasteiger partial charge in [0.2, 0.25) is 0 Å². The first-order chi connectivity index (χ1) is 10.9. The van der Waals surface area contributed by atoms with E-state index in [2.05, 4.69) is 15.0 Å². The summed E-state index contributed by atoms with van der Waals surface area (Å²) in [6, 6.07) is 13.7. The maximum Gasteiger partial charge on any atom is 0.573 e. The first-order valence-corrected chi connectivity index (χ1v) is 6.96. The average molecular weight is 339 g/mol. The molecule has 0 saturated carbocycles. The van der Waals surface area contributed by atoms with Crippen LogP contribution >= 0.6 is 11.6 Å². The summed E-state index contributed by atoms with van der Waals surface area (Å²) in [7, 11) is 0. The molecule has 3 aromatic rings. The minimum absolute atomic E-state index is 0.371. The highest BCUT2D eigenvalue weighted by Crippen LogP contribution is 2.28. The molecular formula is C16H10ClF3N2O. The van der Waals surface area contributed by atoms with Gasteiger partial charge in [-0.3, -0.25) is 0 Å². The second-order valence-electron chi connectivity index (χ2n) is 4.73. The first kappa shape index (κ1) is 15.4. The maximum absolute atomic E-state index is 12.1. The predicted molar refractivity (Wildman–Crippen MR) is 83.2 cm³/mol. The summed E-state index contributed by atoms with van der Waals surface area (Å²) in [6.45, 7) is 0. The number of rotatable bonds is 3. The van der Waals surface area contributed by atoms with Crippen molar-refractivity contribution in [1.29, 1.82) is 0 Å². The van der Waals surface area contributed by atoms with Crippen LogP contribution in [0.5, 0.6) is 5.75 Å². The Morgan fingerprint density at radius 1 is 1.04 bits per heavy atom. The zero-order valence-electron chi connectivity index (χ0n) is 11.6. The molecular weight excluding hydrogens is 329 g/mol. The molecule has 0 bridgehead atoms. The van der Waals surface area contributed by atoms with Gasteiger partial charge in [-0.15, -0.1) is 13.2 Å². The molecule has 3 rings (SSSR count). The van der Waals surface area contributed by atoms with Gasteiger partial charge in [0.25, 0.3) is 0 Å². The Labute approximate surface area is 134 Å². The molecule has 0 saturated heterocycles. The van der Waals surface area contributed by atoms with Crippen molar-refractivity contribution >= 4 is 33.9 Å². The number of aromatic nitrogens is 1. The molecule has 0 aliphatic rings. The zero-order valence-corrected chi connectivity index (χ0v) is 12.3. The molecule has 3 nitrogen and oxygen atoms in total. The summed E-state index contributed by atoms with van der Waals surface area (Å²) in [5, 5.41) is 5.49. The molecule has 0 amide bonds. The molecule has 0 aliphatic carbocycles. The van der Waals surface area contributed by atoms with Gasteiger partial charge >= 0.3 is 6.36 Å². The normalized spacial score (nSPS) is 11.5. The number of anilines is 2. The highest BCUT2D eigenvalue weighted by atomic mass is 35.5. The Morgan fingerprint density at radius 2 is 1.87 bits per heavy atom. The van der Waals surface area contributed by atoms with Crippen LogP contribution < -0.4 is 10.1 Å². The minimum Gasteiger partial charge on any atom is -0.404 e. The highest BCUT2D eigenvalue weighted by molar-refractivity contribution is 6.35. The van der Waals surface area contributed by atoms with Crippen LogP contribution in [0.25, 0.3) is 10.8 Å². The fraction of sp³-hybridized carbons (Fsp3) is 0.0625. The van der Waals surface area contributed by atoms with E-state index in [-0.39, 0.29) is 5.75 Å². The molecule has 0 atom stereocenters. The van der Waals surface area contributed by atoms with Crippen molar-refractivity contribution in [1.82, 2.24) is 4.98 Å². The molecule has 1 aromatic heterocycles. The third-order valence-electron chi connectivity index (χ3n) is 3.07. The molecule has 2 aromatic carbocycles. The van der Waals surface area contributed by atoms with Crippen molar-refractivity contribution in [3.05, 3.63) is 59.8 Å². The molecule has 23 heavy (non-hydrogen) atoms. The second-order valence-corrected chi connectivity index (χ2v) is 5.13. The van der Waals surface area contributed by atoms with E-state index in [9.17, 15) is 13.2 Å². The molecule has 0 radical (unpaired) electrons. The van der Waals surface area contributed by atoms with Crippen LogP contribution in [0, 0.1) is 0 Å². The van der Waals surface area contributed by atoms with Gasteiger partial charge < -0.3 is 10.1 Å². The van der Waals surface area contributed by atoms with Crippen LogP contribution in [-0.4, -0.2) is 11.3 Å². The second kappa shape index (κ2) is 5.96. The number of fused-ring (bicyclic) bond motifs is 1. The van der Waals surface area contributed by atoms with E-state index in [1.165, 1.54) is 12.1 Å². The van der Waals surface area contributed by atoms with E-state index in [1.54, 1.807) is 6.07 Å². The van der Waals surface area contributed by atoms with Crippen molar-refractivity contribution in [2.75, 3.05) is 5.32 Å². The smallest absolute Gasteiger partial charge is 0.404 e. The Hall–Kier alpha value is -2.47. The Kier molecular flexibility index (Phi) is 4.00. The lowest BCUT2D eigenvalue weighted by molar-refractivity contribution is -0.274. The topological polar surface area (TPSA) is 34.1 Å². The van der Waals surface area contributed by atoms with Gasteiger partial charge in [0.05, 0.1) is 6.20 Å². The lowest BCUT2D eigenvalue weighted by atomic mass is 10.1. The first-order valence-electron chi connectivity index (χ1n) is 6.58. The van der Waals surface area contributed by atoms with E-state index in [0.29, 0.717) is 10.8 Å². The standard InChI is InChI=1S/C16H10ClF3N2O/c17-14-3-1-2-10-4-5-11(8-13(10)14)22-15-7-6-12(9-21-15)23-16(18,19)20/h1-9H,(H,21,22). The molecule has 1 N–H and O–H groups in total. The van der Waals surface area contributed by atoms with E-state index < -0.39 is 6.36 Å². The molecule has 0 aliphatic heterocycles. The number of benzene rings is 2. The summed E-state index contributed by atoms with van der Waals surface area (Å²) in [5.74, 6) is 0.0236. The van der Waals surface area contributed by atoms with Gasteiger partial charge in [0, 0.05) is 16.1 Å². The van der Waals surface area contributed by atoms with Crippen LogP contribution in [0.1, 0.15) is 0 Å². The van der Waals surface area contributed by atoms with Crippen molar-refractivity contribution in [2.24, 2.45) is 0 Å². The summed E-state index contributed by atoms with van der Waals surface area (Å²) >= 11 is 6.15. The van der Waals surface area contributed by atoms with E-state index >= 15 is 0 Å². The van der Waals surface area contributed by atoms with Crippen LogP contribution in [0.2, 0.25) is 5.02 Å². The SMILES string of the molecule is FC(F)(F)Oc1ccc(Nc2ccc3cccc(Cl)c3c2)nc1. The lowest BCUT2D eigenvalue weighted by Crippen LogP contribution is -2.17. The minimum atomic E-state index is -4.73. The van der Waals surface area contributed by atoms with E-state index in [0.717, 1.165) is 22.7 Å². The van der Waals surface area contributed by atoms with Crippen LogP contribution in [0.4, 0.5) is 24.7 Å². The van der Waals surface area contributed by atoms with Crippen molar-refractivity contribution in [2.45, 2.75) is 6.36 Å². The van der Waals surface area contributed by atoms with Gasteiger partial charge in [0.1, 0.15) is 11.6 Å². The molecule has 0 spiro atoms. The maximum atomic E-state index is 12.1. The summed E-state index contributed by atoms with van der Waals surface area (Å²) < 4.78 is 40.1. The third-order valence-corrected chi connectivity index (χ3v) is 3.40. The fourth-order valence-corrected chi connectivity index (χ4v) is 2.34. The summed E-state index contributed by atoms with van der Waals surface area (Å²) in [5.41, 5.74) is 0.725. The number of alkyl halides is 3. The Bertz CT molecular complexity index is 835. The molecule has 118 valence electrons. The molecule has 0 fully saturated rings. The van der Waals surface area contributed by atoms with E-state index in [1.807, 2.05) is 30.3 Å². The Morgan fingerprint density at radius 3 is 2.57 bits per heavy atom. The van der Waals surface area contributed by atoms with Crippen molar-refractivity contribution in [3.8, 4) is 5.75 Å². The Balaban J connectivity index is 1.80. The van der Waals surface area contributed by atoms with Gasteiger partial charge in [-0.05, 0) is 35.7 Å². The zero-order chi connectivity index (χ0) is 16.4. The fourth-order valence-electron chi connectivity index (χ4n) is 2.11. The van der Waals surface area contributed by atoms with Gasteiger partial charge in [-0.1, -0.05) is 29.8 Å². The van der Waals surface area contributed by atoms with Crippen molar-refractivity contribution < 1.29 is 17.9 Å². The molecule has 7 heteroatoms. The number of halogens is 4. The molecule has 1 heterocycles. The number of hydrogen-bond acceptors (Lipinski definition) is 3. The lowest BCUT2D eigenvalue weighted by Gasteiger charge is -2.10. The summed E-state index contributed by atoms with van der Waals surface area (Å²) in [6.07, 6.45) is -3.73. The largest absolute Gasteiger partial charge is 0.573 e. The number of ether oxygens (including phenoxy) is 1. The predicted octanol–water partition coefficient (Wildman–Crippen LogP) is 5.53. The van der Waals surface area contributed by atoms with Crippen LogP contribution in [0.15, 0.2) is 54.7 Å². The van der Waals surface area contributed by atoms with E-state index in [4.69, 9.17) is 11.6 Å². The highest BCUT2D eigenvalue weighted by Gasteiger charge is 2.31. The number of nitrogens with one attached hydrogen (secondary N) is 1. The number of nitrogens with zero attached hydrogens (tertiary/aromatic N) is 1. The monoisotopic (exact) mass is 338 g/mol. The third kappa shape index (κ3) is 3.84. The van der Waals surface area contributed by atoms with Crippen molar-refractivity contribution in [3.63, 3.8) is 0 Å². The van der Waals surface area contributed by atoms with Gasteiger partial charge in [-0.25, -0.2) is 4.98 Å². The van der Waals surface area contributed by atoms with Gasteiger partial charge in [0.15, 0.2) is 0 Å². The van der Waals surface area contributed by atoms with Gasteiger partial charge in [-0.2, -0.15) is 0 Å². The number of pyridine rings is 1. The summed E-state index contributed by atoms with van der Waals surface area (Å²) in [4.78, 5) is 3.89.